The van der Waals surface area contributed by atoms with Crippen molar-refractivity contribution in [2.24, 2.45) is 0 Å². The minimum absolute atomic E-state index is 0.0119. The van der Waals surface area contributed by atoms with Gasteiger partial charge in [0.15, 0.2) is 0 Å². The number of benzene rings is 2. The zero-order chi connectivity index (χ0) is 19.6. The molecule has 0 amide bonds. The van der Waals surface area contributed by atoms with Gasteiger partial charge in [0.25, 0.3) is 0 Å². The molecule has 1 aliphatic rings. The Hall–Kier alpha value is -2.81. The van der Waals surface area contributed by atoms with Gasteiger partial charge in [-0.25, -0.2) is 0 Å². The van der Waals surface area contributed by atoms with Crippen LogP contribution in [0, 0.1) is 0 Å². The molecule has 2 aromatic rings. The van der Waals surface area contributed by atoms with Gasteiger partial charge in [-0.05, 0) is 76.9 Å². The first-order valence-corrected chi connectivity index (χ1v) is 9.41. The van der Waals surface area contributed by atoms with E-state index in [0.29, 0.717) is 12.5 Å². The Morgan fingerprint density at radius 2 is 1.81 bits per heavy atom. The Kier molecular flexibility index (Phi) is 5.50. The molecule has 1 N–H and O–H groups in total. The molecular weight excluding hydrogens is 336 g/mol. The Bertz CT molecular complexity index is 915. The molecule has 0 fully saturated rings. The highest BCUT2D eigenvalue weighted by molar-refractivity contribution is 6.07. The first-order chi connectivity index (χ1) is 12.9. The van der Waals surface area contributed by atoms with Crippen molar-refractivity contribution in [3.8, 4) is 5.75 Å². The number of fused-ring (bicyclic) bond motifs is 1. The zero-order valence-corrected chi connectivity index (χ0v) is 16.4. The number of carboxylic acids is 1. The number of carboxylic acid groups (broad SMARTS) is 1. The summed E-state index contributed by atoms with van der Waals surface area (Å²) >= 11 is 0. The Morgan fingerprint density at radius 1 is 1.11 bits per heavy atom. The lowest BCUT2D eigenvalue weighted by Gasteiger charge is -2.09. The van der Waals surface area contributed by atoms with E-state index >= 15 is 0 Å². The van der Waals surface area contributed by atoms with E-state index < -0.39 is 5.97 Å². The second-order valence-corrected chi connectivity index (χ2v) is 7.19. The van der Waals surface area contributed by atoms with Gasteiger partial charge >= 0.3 is 5.97 Å². The fourth-order valence-electron chi connectivity index (χ4n) is 3.54. The maximum atomic E-state index is 11.4. The van der Waals surface area contributed by atoms with Gasteiger partial charge in [0.05, 0.1) is 13.0 Å². The van der Waals surface area contributed by atoms with E-state index in [1.165, 1.54) is 5.56 Å². The van der Waals surface area contributed by atoms with Crippen molar-refractivity contribution in [3.05, 3.63) is 70.3 Å². The Balaban J connectivity index is 2.07. The predicted molar refractivity (Wildman–Crippen MR) is 111 cm³/mol. The van der Waals surface area contributed by atoms with Crippen LogP contribution in [0.4, 0.5) is 0 Å². The second-order valence-electron chi connectivity index (χ2n) is 7.19. The van der Waals surface area contributed by atoms with Crippen LogP contribution in [-0.2, 0) is 4.79 Å². The molecule has 0 unspecified atom stereocenters. The Morgan fingerprint density at radius 3 is 2.41 bits per heavy atom. The van der Waals surface area contributed by atoms with Crippen LogP contribution in [-0.4, -0.2) is 17.7 Å². The SMILES string of the molecule is CCOc1ccc2c(c1)C(CC(=O)O)=C(C)/C2=C/c1ccc(C(C)C)cc1. The average Bonchev–Trinajstić information content (AvgIpc) is 2.87. The van der Waals surface area contributed by atoms with Gasteiger partial charge in [0.2, 0.25) is 0 Å². The monoisotopic (exact) mass is 362 g/mol. The lowest BCUT2D eigenvalue weighted by Crippen LogP contribution is -1.98. The highest BCUT2D eigenvalue weighted by atomic mass is 16.5. The summed E-state index contributed by atoms with van der Waals surface area (Å²) in [5.74, 6) is 0.453. The third-order valence-electron chi connectivity index (χ3n) is 5.02. The molecule has 0 spiro atoms. The molecule has 1 aliphatic carbocycles. The van der Waals surface area contributed by atoms with E-state index in [1.54, 1.807) is 0 Å². The molecule has 27 heavy (non-hydrogen) atoms. The number of aliphatic carboxylic acids is 1. The molecule has 0 saturated carbocycles. The average molecular weight is 362 g/mol. The number of allylic oxidation sites excluding steroid dienone is 2. The van der Waals surface area contributed by atoms with E-state index in [0.717, 1.165) is 39.2 Å². The summed E-state index contributed by atoms with van der Waals surface area (Å²) in [7, 11) is 0. The largest absolute Gasteiger partial charge is 0.494 e. The lowest BCUT2D eigenvalue weighted by atomic mass is 9.98. The van der Waals surface area contributed by atoms with Crippen LogP contribution in [0.2, 0.25) is 0 Å². The van der Waals surface area contributed by atoms with E-state index in [1.807, 2.05) is 32.0 Å². The summed E-state index contributed by atoms with van der Waals surface area (Å²) in [5, 5.41) is 9.36. The predicted octanol–water partition coefficient (Wildman–Crippen LogP) is 6.01. The van der Waals surface area contributed by atoms with Gasteiger partial charge in [0.1, 0.15) is 5.75 Å². The molecule has 2 aromatic carbocycles. The highest BCUT2D eigenvalue weighted by Gasteiger charge is 2.25. The van der Waals surface area contributed by atoms with Gasteiger partial charge < -0.3 is 9.84 Å². The summed E-state index contributed by atoms with van der Waals surface area (Å²) in [5.41, 5.74) is 7.43. The molecular formula is C24H26O3. The van der Waals surface area contributed by atoms with Gasteiger partial charge in [-0.15, -0.1) is 0 Å². The summed E-state index contributed by atoms with van der Waals surface area (Å²) in [4.78, 5) is 11.4. The summed E-state index contributed by atoms with van der Waals surface area (Å²) in [6.45, 7) is 8.90. The van der Waals surface area contributed by atoms with Crippen molar-refractivity contribution in [3.63, 3.8) is 0 Å². The van der Waals surface area contributed by atoms with E-state index in [2.05, 4.69) is 44.2 Å². The number of hydrogen-bond acceptors (Lipinski definition) is 2. The molecule has 3 nitrogen and oxygen atoms in total. The van der Waals surface area contributed by atoms with Crippen molar-refractivity contribution < 1.29 is 14.6 Å². The van der Waals surface area contributed by atoms with Crippen LogP contribution in [0.25, 0.3) is 17.2 Å². The molecule has 140 valence electrons. The van der Waals surface area contributed by atoms with E-state index in [9.17, 15) is 9.90 Å². The summed E-state index contributed by atoms with van der Waals surface area (Å²) < 4.78 is 5.62. The van der Waals surface area contributed by atoms with Crippen LogP contribution >= 0.6 is 0 Å². The third kappa shape index (κ3) is 3.97. The first-order valence-electron chi connectivity index (χ1n) is 9.41. The van der Waals surface area contributed by atoms with Crippen LogP contribution < -0.4 is 4.74 Å². The number of ether oxygens (including phenoxy) is 1. The van der Waals surface area contributed by atoms with Gasteiger partial charge in [0, 0.05) is 0 Å². The van der Waals surface area contributed by atoms with E-state index in [4.69, 9.17) is 4.74 Å². The molecule has 0 aromatic heterocycles. The van der Waals surface area contributed by atoms with Crippen LogP contribution in [0.3, 0.4) is 0 Å². The second kappa shape index (κ2) is 7.83. The number of rotatable bonds is 6. The summed E-state index contributed by atoms with van der Waals surface area (Å²) in [6.07, 6.45) is 2.16. The van der Waals surface area contributed by atoms with Crippen molar-refractivity contribution in [1.29, 1.82) is 0 Å². The quantitative estimate of drug-likeness (QED) is 0.684. The third-order valence-corrected chi connectivity index (χ3v) is 5.02. The molecule has 0 bridgehead atoms. The number of carbonyl (C=O) groups is 1. The van der Waals surface area contributed by atoms with Crippen LogP contribution in [0.1, 0.15) is 62.3 Å². The fourth-order valence-corrected chi connectivity index (χ4v) is 3.54. The van der Waals surface area contributed by atoms with Crippen molar-refractivity contribution in [2.75, 3.05) is 6.61 Å². The maximum Gasteiger partial charge on any atom is 0.307 e. The maximum absolute atomic E-state index is 11.4. The molecule has 3 heteroatoms. The fraction of sp³-hybridized carbons (Fsp3) is 0.292. The van der Waals surface area contributed by atoms with Crippen molar-refractivity contribution in [1.82, 2.24) is 0 Å². The minimum atomic E-state index is -0.820. The van der Waals surface area contributed by atoms with Crippen LogP contribution in [0.5, 0.6) is 5.75 Å². The lowest BCUT2D eigenvalue weighted by molar-refractivity contribution is -0.135. The smallest absolute Gasteiger partial charge is 0.307 e. The zero-order valence-electron chi connectivity index (χ0n) is 16.4. The standard InChI is InChI=1S/C24H26O3/c1-5-27-19-10-11-20-21(12-17-6-8-18(9-7-17)15(2)3)16(4)22(14-24(25)26)23(20)13-19/h6-13,15H,5,14H2,1-4H3,(H,25,26)/b21-12-. The molecule has 0 saturated heterocycles. The van der Waals surface area contributed by atoms with Crippen molar-refractivity contribution in [2.45, 2.75) is 40.0 Å². The Labute approximate surface area is 161 Å². The first kappa shape index (κ1) is 19.0. The minimum Gasteiger partial charge on any atom is -0.494 e. The molecule has 0 atom stereocenters. The van der Waals surface area contributed by atoms with Crippen LogP contribution in [0.15, 0.2) is 48.0 Å². The topological polar surface area (TPSA) is 46.5 Å². The molecule has 0 heterocycles. The normalized spacial score (nSPS) is 14.8. The van der Waals surface area contributed by atoms with Gasteiger partial charge in [-0.1, -0.05) is 44.2 Å². The molecule has 3 rings (SSSR count). The highest BCUT2D eigenvalue weighted by Crippen LogP contribution is 2.44. The van der Waals surface area contributed by atoms with Gasteiger partial charge in [-0.2, -0.15) is 0 Å². The number of hydrogen-bond donors (Lipinski definition) is 1. The van der Waals surface area contributed by atoms with E-state index in [-0.39, 0.29) is 6.42 Å². The summed E-state index contributed by atoms with van der Waals surface area (Å²) in [6, 6.07) is 14.5. The van der Waals surface area contributed by atoms with Gasteiger partial charge in [-0.3, -0.25) is 4.79 Å². The van der Waals surface area contributed by atoms with Crippen molar-refractivity contribution >= 4 is 23.2 Å². The molecule has 0 aliphatic heterocycles. The molecule has 0 radical (unpaired) electrons.